The van der Waals surface area contributed by atoms with Crippen LogP contribution in [0.3, 0.4) is 0 Å². The van der Waals surface area contributed by atoms with E-state index in [0.29, 0.717) is 29.4 Å². The van der Waals surface area contributed by atoms with Crippen molar-refractivity contribution in [3.05, 3.63) is 106 Å². The molecular formula is C26H20ClN3O2. The zero-order valence-electron chi connectivity index (χ0n) is 17.2. The van der Waals surface area contributed by atoms with E-state index in [4.69, 9.17) is 21.6 Å². The normalized spacial score (nSPS) is 11.7. The first-order valence-electron chi connectivity index (χ1n) is 10.4. The molecule has 0 saturated carbocycles. The van der Waals surface area contributed by atoms with Crippen LogP contribution in [0, 0.1) is 0 Å². The molecule has 0 fully saturated rings. The third-order valence-corrected chi connectivity index (χ3v) is 5.74. The number of hydrogen-bond donors (Lipinski definition) is 2. The van der Waals surface area contributed by atoms with Crippen molar-refractivity contribution in [3.8, 4) is 17.0 Å². The lowest BCUT2D eigenvalue weighted by Gasteiger charge is -2.13. The monoisotopic (exact) mass is 441 g/mol. The Bertz CT molecular complexity index is 1300. The second-order valence-corrected chi connectivity index (χ2v) is 8.28. The van der Waals surface area contributed by atoms with Gasteiger partial charge in [0.25, 0.3) is 0 Å². The quantitative estimate of drug-likeness (QED) is 0.394. The number of carbonyl (C=O) groups is 1. The van der Waals surface area contributed by atoms with Crippen LogP contribution in [0.25, 0.3) is 11.3 Å². The van der Waals surface area contributed by atoms with E-state index in [0.717, 1.165) is 33.6 Å². The summed E-state index contributed by atoms with van der Waals surface area (Å²) in [6.07, 6.45) is 1.33. The van der Waals surface area contributed by atoms with Crippen LogP contribution in [0.1, 0.15) is 28.1 Å². The average molecular weight is 442 g/mol. The molecule has 32 heavy (non-hydrogen) atoms. The van der Waals surface area contributed by atoms with E-state index in [1.165, 1.54) is 0 Å². The van der Waals surface area contributed by atoms with Crippen LogP contribution in [0.15, 0.2) is 72.8 Å². The van der Waals surface area contributed by atoms with Gasteiger partial charge in [0, 0.05) is 23.4 Å². The van der Waals surface area contributed by atoms with Crippen LogP contribution in [-0.2, 0) is 24.1 Å². The molecule has 0 spiro atoms. The molecule has 1 aliphatic rings. The van der Waals surface area contributed by atoms with Gasteiger partial charge in [-0.25, -0.2) is 9.97 Å². The first-order chi connectivity index (χ1) is 15.5. The number of benzene rings is 3. The molecule has 1 aromatic heterocycles. The van der Waals surface area contributed by atoms with E-state index in [1.807, 2.05) is 48.5 Å². The van der Waals surface area contributed by atoms with E-state index in [2.05, 4.69) is 5.32 Å². The second kappa shape index (κ2) is 8.44. The zero-order chi connectivity index (χ0) is 22.1. The smallest absolute Gasteiger partial charge is 0.229 e. The fourth-order valence-corrected chi connectivity index (χ4v) is 4.08. The minimum atomic E-state index is -0.163. The molecule has 4 aromatic rings. The summed E-state index contributed by atoms with van der Waals surface area (Å²) in [6, 6.07) is 22.5. The molecule has 2 N–H and O–H groups in total. The number of nitrogens with zero attached hydrogens (tertiary/aromatic N) is 2. The number of phenols is 1. The third kappa shape index (κ3) is 4.20. The number of anilines is 1. The van der Waals surface area contributed by atoms with Gasteiger partial charge in [-0.2, -0.15) is 0 Å². The van der Waals surface area contributed by atoms with Crippen LogP contribution < -0.4 is 5.32 Å². The molecule has 5 nitrogen and oxygen atoms in total. The molecule has 0 aliphatic heterocycles. The maximum absolute atomic E-state index is 12.8. The summed E-state index contributed by atoms with van der Waals surface area (Å²) in [7, 11) is 0. The van der Waals surface area contributed by atoms with Gasteiger partial charge in [-0.05, 0) is 47.0 Å². The fourth-order valence-electron chi connectivity index (χ4n) is 3.96. The van der Waals surface area contributed by atoms with Crippen molar-refractivity contribution in [1.29, 1.82) is 0 Å². The summed E-state index contributed by atoms with van der Waals surface area (Å²) >= 11 is 5.94. The number of aromatic nitrogens is 2. The standard InChI is InChI=1S/C26H20ClN3O2/c27-19-8-6-17(7-9-19)13-24(32)30-26-23(12-16-4-2-1-3-5-16)28-25-21-11-10-20(31)14-18(21)15-22(25)29-26/h1-11,14,31H,12-13,15H2,(H,29,30,32). The van der Waals surface area contributed by atoms with E-state index < -0.39 is 0 Å². The predicted molar refractivity (Wildman–Crippen MR) is 125 cm³/mol. The summed E-state index contributed by atoms with van der Waals surface area (Å²) in [5, 5.41) is 13.5. The zero-order valence-corrected chi connectivity index (χ0v) is 17.9. The predicted octanol–water partition coefficient (Wildman–Crippen LogP) is 5.18. The molecule has 0 bridgehead atoms. The lowest BCUT2D eigenvalue weighted by Crippen LogP contribution is -2.18. The molecule has 158 valence electrons. The number of nitrogens with one attached hydrogen (secondary N) is 1. The van der Waals surface area contributed by atoms with Crippen molar-refractivity contribution in [2.45, 2.75) is 19.3 Å². The highest BCUT2D eigenvalue weighted by atomic mass is 35.5. The number of halogens is 1. The Kier molecular flexibility index (Phi) is 5.33. The minimum absolute atomic E-state index is 0.163. The Morgan fingerprint density at radius 3 is 2.53 bits per heavy atom. The van der Waals surface area contributed by atoms with Crippen molar-refractivity contribution >= 4 is 23.3 Å². The van der Waals surface area contributed by atoms with E-state index in [1.54, 1.807) is 24.3 Å². The minimum Gasteiger partial charge on any atom is -0.508 e. The fraction of sp³-hybridized carbons (Fsp3) is 0.115. The molecule has 0 atom stereocenters. The van der Waals surface area contributed by atoms with Crippen molar-refractivity contribution < 1.29 is 9.90 Å². The second-order valence-electron chi connectivity index (χ2n) is 7.85. The van der Waals surface area contributed by atoms with Crippen LogP contribution in [0.4, 0.5) is 5.82 Å². The molecule has 5 rings (SSSR count). The number of rotatable bonds is 5. The molecular weight excluding hydrogens is 422 g/mol. The van der Waals surface area contributed by atoms with E-state index >= 15 is 0 Å². The Morgan fingerprint density at radius 2 is 1.75 bits per heavy atom. The largest absolute Gasteiger partial charge is 0.508 e. The molecule has 0 saturated heterocycles. The molecule has 0 unspecified atom stereocenters. The van der Waals surface area contributed by atoms with Crippen molar-refractivity contribution in [1.82, 2.24) is 9.97 Å². The van der Waals surface area contributed by atoms with Gasteiger partial charge in [0.05, 0.1) is 23.5 Å². The van der Waals surface area contributed by atoms with Gasteiger partial charge in [0.15, 0.2) is 5.82 Å². The summed E-state index contributed by atoms with van der Waals surface area (Å²) in [5.74, 6) is 0.533. The lowest BCUT2D eigenvalue weighted by molar-refractivity contribution is -0.115. The highest BCUT2D eigenvalue weighted by molar-refractivity contribution is 6.30. The number of fused-ring (bicyclic) bond motifs is 3. The van der Waals surface area contributed by atoms with E-state index in [9.17, 15) is 9.90 Å². The highest BCUT2D eigenvalue weighted by Gasteiger charge is 2.25. The number of phenolic OH excluding ortho intramolecular Hbond substituents is 1. The molecule has 3 aromatic carbocycles. The molecule has 1 amide bonds. The number of carbonyl (C=O) groups excluding carboxylic acids is 1. The lowest BCUT2D eigenvalue weighted by atomic mass is 10.1. The third-order valence-electron chi connectivity index (χ3n) is 5.49. The highest BCUT2D eigenvalue weighted by Crippen LogP contribution is 2.37. The van der Waals surface area contributed by atoms with Gasteiger partial charge >= 0.3 is 0 Å². The molecule has 1 heterocycles. The van der Waals surface area contributed by atoms with Gasteiger partial charge in [-0.3, -0.25) is 4.79 Å². The topological polar surface area (TPSA) is 75.1 Å². The van der Waals surface area contributed by atoms with Gasteiger partial charge in [0.2, 0.25) is 5.91 Å². The first-order valence-corrected chi connectivity index (χ1v) is 10.7. The summed E-state index contributed by atoms with van der Waals surface area (Å²) < 4.78 is 0. The molecule has 6 heteroatoms. The van der Waals surface area contributed by atoms with Crippen LogP contribution >= 0.6 is 11.6 Å². The van der Waals surface area contributed by atoms with Gasteiger partial charge in [-0.1, -0.05) is 54.1 Å². The molecule has 1 aliphatic carbocycles. The Labute approximate surface area is 190 Å². The Hall–Kier alpha value is -3.70. The maximum atomic E-state index is 12.8. The van der Waals surface area contributed by atoms with Crippen molar-refractivity contribution in [3.63, 3.8) is 0 Å². The number of hydrogen-bond acceptors (Lipinski definition) is 4. The maximum Gasteiger partial charge on any atom is 0.229 e. The first kappa shape index (κ1) is 20.2. The van der Waals surface area contributed by atoms with Crippen LogP contribution in [0.5, 0.6) is 5.75 Å². The van der Waals surface area contributed by atoms with Crippen molar-refractivity contribution in [2.24, 2.45) is 0 Å². The summed E-state index contributed by atoms with van der Waals surface area (Å²) in [4.78, 5) is 22.5. The molecule has 0 radical (unpaired) electrons. The van der Waals surface area contributed by atoms with Crippen molar-refractivity contribution in [2.75, 3.05) is 5.32 Å². The number of amides is 1. The Morgan fingerprint density at radius 1 is 0.969 bits per heavy atom. The van der Waals surface area contributed by atoms with Crippen LogP contribution in [-0.4, -0.2) is 21.0 Å². The van der Waals surface area contributed by atoms with E-state index in [-0.39, 0.29) is 18.1 Å². The number of aromatic hydroxyl groups is 1. The summed E-state index contributed by atoms with van der Waals surface area (Å²) in [6.45, 7) is 0. The van der Waals surface area contributed by atoms with Gasteiger partial charge < -0.3 is 10.4 Å². The summed E-state index contributed by atoms with van der Waals surface area (Å²) in [5.41, 5.74) is 6.22. The average Bonchev–Trinajstić information content (AvgIpc) is 3.12. The Balaban J connectivity index is 1.48. The van der Waals surface area contributed by atoms with Gasteiger partial charge in [-0.15, -0.1) is 0 Å². The van der Waals surface area contributed by atoms with Crippen LogP contribution in [0.2, 0.25) is 5.02 Å². The SMILES string of the molecule is O=C(Cc1ccc(Cl)cc1)Nc1nc2c(nc1Cc1ccccc1)-c1ccc(O)cc1C2. The van der Waals surface area contributed by atoms with Gasteiger partial charge in [0.1, 0.15) is 5.75 Å².